The van der Waals surface area contributed by atoms with Gasteiger partial charge in [-0.2, -0.15) is 0 Å². The molecule has 2 N–H and O–H groups in total. The Balaban J connectivity index is 2.41. The fraction of sp³-hybridized carbons (Fsp3) is 0.571. The molecule has 19 heavy (non-hydrogen) atoms. The van der Waals surface area contributed by atoms with Crippen LogP contribution in [0, 0.1) is 13.8 Å². The van der Waals surface area contributed by atoms with Crippen LogP contribution in [0.1, 0.15) is 23.9 Å². The minimum atomic E-state index is 0.437. The zero-order valence-corrected chi connectivity index (χ0v) is 12.9. The fourth-order valence-corrected chi connectivity index (χ4v) is 2.88. The molecule has 1 aliphatic rings. The van der Waals surface area contributed by atoms with E-state index >= 15 is 0 Å². The molecule has 1 aromatic heterocycles. The lowest BCUT2D eigenvalue weighted by Gasteiger charge is -2.40. The van der Waals surface area contributed by atoms with Gasteiger partial charge in [0.25, 0.3) is 0 Å². The summed E-state index contributed by atoms with van der Waals surface area (Å²) in [5.74, 6) is 0. The Morgan fingerprint density at radius 1 is 1.42 bits per heavy atom. The molecule has 5 heteroatoms. The smallest absolute Gasteiger partial charge is 0.107 e. The zero-order chi connectivity index (χ0) is 14.2. The van der Waals surface area contributed by atoms with Gasteiger partial charge in [0.15, 0.2) is 0 Å². The standard InChI is InChI=1S/C14H22N4S/c1-9-7-12(13(14(15)19)11(3)16-9)18-6-5-17(4)10(2)8-18/h7,10H,5-6,8H2,1-4H3,(H2,15,19). The topological polar surface area (TPSA) is 45.4 Å². The highest BCUT2D eigenvalue weighted by Gasteiger charge is 2.24. The number of aryl methyl sites for hydroxylation is 2. The Bertz CT molecular complexity index is 500. The van der Waals surface area contributed by atoms with Crippen LogP contribution in [0.4, 0.5) is 5.69 Å². The number of hydrogen-bond acceptors (Lipinski definition) is 4. The van der Waals surface area contributed by atoms with Crippen molar-refractivity contribution in [3.05, 3.63) is 23.0 Å². The van der Waals surface area contributed by atoms with E-state index in [1.807, 2.05) is 13.8 Å². The minimum absolute atomic E-state index is 0.437. The number of hydrogen-bond donors (Lipinski definition) is 1. The van der Waals surface area contributed by atoms with Crippen LogP contribution in [-0.4, -0.2) is 47.6 Å². The first-order chi connectivity index (χ1) is 8.90. The van der Waals surface area contributed by atoms with Crippen LogP contribution in [0.25, 0.3) is 0 Å². The lowest BCUT2D eigenvalue weighted by Crippen LogP contribution is -2.50. The van der Waals surface area contributed by atoms with E-state index in [0.29, 0.717) is 11.0 Å². The first-order valence-corrected chi connectivity index (χ1v) is 7.04. The summed E-state index contributed by atoms with van der Waals surface area (Å²) in [4.78, 5) is 9.67. The van der Waals surface area contributed by atoms with Crippen molar-refractivity contribution in [2.75, 3.05) is 31.6 Å². The first-order valence-electron chi connectivity index (χ1n) is 6.63. The summed E-state index contributed by atoms with van der Waals surface area (Å²) in [6.07, 6.45) is 0. The average Bonchev–Trinajstić information content (AvgIpc) is 2.31. The lowest BCUT2D eigenvalue weighted by molar-refractivity contribution is 0.234. The van der Waals surface area contributed by atoms with Gasteiger partial charge in [0.05, 0.1) is 11.3 Å². The summed E-state index contributed by atoms with van der Waals surface area (Å²) >= 11 is 5.20. The monoisotopic (exact) mass is 278 g/mol. The van der Waals surface area contributed by atoms with Crippen molar-refractivity contribution < 1.29 is 0 Å². The van der Waals surface area contributed by atoms with Crippen molar-refractivity contribution in [3.63, 3.8) is 0 Å². The molecule has 0 amide bonds. The molecule has 0 saturated carbocycles. The number of anilines is 1. The fourth-order valence-electron chi connectivity index (χ4n) is 2.63. The van der Waals surface area contributed by atoms with Crippen LogP contribution in [0.5, 0.6) is 0 Å². The Morgan fingerprint density at radius 2 is 2.11 bits per heavy atom. The van der Waals surface area contributed by atoms with E-state index in [-0.39, 0.29) is 0 Å². The molecule has 1 unspecified atom stereocenters. The lowest BCUT2D eigenvalue weighted by atomic mass is 10.1. The maximum Gasteiger partial charge on any atom is 0.107 e. The van der Waals surface area contributed by atoms with Crippen LogP contribution in [0.2, 0.25) is 0 Å². The highest BCUT2D eigenvalue weighted by molar-refractivity contribution is 7.80. The second-order valence-corrected chi connectivity index (χ2v) is 5.82. The summed E-state index contributed by atoms with van der Waals surface area (Å²) in [5, 5.41) is 0. The van der Waals surface area contributed by atoms with Crippen molar-refractivity contribution in [1.82, 2.24) is 9.88 Å². The second kappa shape index (κ2) is 5.43. The zero-order valence-electron chi connectivity index (χ0n) is 12.1. The van der Waals surface area contributed by atoms with Crippen LogP contribution in [0.3, 0.4) is 0 Å². The van der Waals surface area contributed by atoms with Gasteiger partial charge >= 0.3 is 0 Å². The molecule has 1 aliphatic heterocycles. The SMILES string of the molecule is Cc1cc(N2CCN(C)C(C)C2)c(C(N)=S)c(C)n1. The van der Waals surface area contributed by atoms with E-state index in [1.54, 1.807) is 0 Å². The molecule has 0 bridgehead atoms. The van der Waals surface area contributed by atoms with Crippen molar-refractivity contribution in [2.24, 2.45) is 5.73 Å². The van der Waals surface area contributed by atoms with Gasteiger partial charge < -0.3 is 15.5 Å². The molecule has 0 aromatic carbocycles. The molecule has 1 atom stereocenters. The number of nitrogens with zero attached hydrogens (tertiary/aromatic N) is 3. The maximum atomic E-state index is 5.89. The van der Waals surface area contributed by atoms with Crippen molar-refractivity contribution in [2.45, 2.75) is 26.8 Å². The van der Waals surface area contributed by atoms with Gasteiger partial charge in [-0.25, -0.2) is 0 Å². The number of pyridine rings is 1. The molecule has 4 nitrogen and oxygen atoms in total. The van der Waals surface area contributed by atoms with E-state index in [9.17, 15) is 0 Å². The Morgan fingerprint density at radius 3 is 2.68 bits per heavy atom. The molecule has 2 rings (SSSR count). The van der Waals surface area contributed by atoms with E-state index in [0.717, 1.165) is 42.3 Å². The number of thiocarbonyl (C=S) groups is 1. The van der Waals surface area contributed by atoms with Gasteiger partial charge in [-0.1, -0.05) is 12.2 Å². The highest BCUT2D eigenvalue weighted by atomic mass is 32.1. The van der Waals surface area contributed by atoms with E-state index in [4.69, 9.17) is 18.0 Å². The minimum Gasteiger partial charge on any atom is -0.389 e. The molecule has 0 spiro atoms. The summed E-state index contributed by atoms with van der Waals surface area (Å²) in [5.41, 5.74) is 9.89. The van der Waals surface area contributed by atoms with Crippen molar-refractivity contribution in [3.8, 4) is 0 Å². The average molecular weight is 278 g/mol. The van der Waals surface area contributed by atoms with Gasteiger partial charge in [-0.15, -0.1) is 0 Å². The molecule has 2 heterocycles. The normalized spacial score (nSPS) is 20.6. The molecule has 1 saturated heterocycles. The van der Waals surface area contributed by atoms with E-state index in [2.05, 4.69) is 34.8 Å². The third-order valence-electron chi connectivity index (χ3n) is 3.85. The van der Waals surface area contributed by atoms with Crippen molar-refractivity contribution >= 4 is 22.9 Å². The van der Waals surface area contributed by atoms with Crippen LogP contribution in [-0.2, 0) is 0 Å². The van der Waals surface area contributed by atoms with Crippen LogP contribution in [0.15, 0.2) is 6.07 Å². The predicted molar refractivity (Wildman–Crippen MR) is 83.9 cm³/mol. The van der Waals surface area contributed by atoms with E-state index < -0.39 is 0 Å². The number of likely N-dealkylation sites (N-methyl/N-ethyl adjacent to an activating group) is 1. The molecular formula is C14H22N4S. The van der Waals surface area contributed by atoms with Gasteiger partial charge in [-0.3, -0.25) is 4.98 Å². The van der Waals surface area contributed by atoms with Gasteiger partial charge in [0, 0.05) is 37.1 Å². The van der Waals surface area contributed by atoms with Crippen molar-refractivity contribution in [1.29, 1.82) is 0 Å². The van der Waals surface area contributed by atoms with Crippen LogP contribution >= 0.6 is 12.2 Å². The third kappa shape index (κ3) is 2.87. The summed E-state index contributed by atoms with van der Waals surface area (Å²) in [6, 6.07) is 2.63. The highest BCUT2D eigenvalue weighted by Crippen LogP contribution is 2.26. The van der Waals surface area contributed by atoms with E-state index in [1.165, 1.54) is 0 Å². The first kappa shape index (κ1) is 14.2. The summed E-state index contributed by atoms with van der Waals surface area (Å²) in [6.45, 7) is 9.28. The predicted octanol–water partition coefficient (Wildman–Crippen LogP) is 1.47. The molecule has 0 aliphatic carbocycles. The number of aromatic nitrogens is 1. The third-order valence-corrected chi connectivity index (χ3v) is 4.06. The summed E-state index contributed by atoms with van der Waals surface area (Å²) < 4.78 is 0. The molecule has 1 fully saturated rings. The second-order valence-electron chi connectivity index (χ2n) is 5.38. The van der Waals surface area contributed by atoms with Crippen LogP contribution < -0.4 is 10.6 Å². The Labute approximate surface area is 120 Å². The number of rotatable bonds is 2. The quantitative estimate of drug-likeness (QED) is 0.830. The molecular weight excluding hydrogens is 256 g/mol. The molecule has 1 aromatic rings. The molecule has 104 valence electrons. The van der Waals surface area contributed by atoms with Gasteiger partial charge in [0.2, 0.25) is 0 Å². The number of piperazine rings is 1. The van der Waals surface area contributed by atoms with Gasteiger partial charge in [0.1, 0.15) is 4.99 Å². The Hall–Kier alpha value is -1.20. The number of nitrogens with two attached hydrogens (primary N) is 1. The largest absolute Gasteiger partial charge is 0.389 e. The van der Waals surface area contributed by atoms with Gasteiger partial charge in [-0.05, 0) is 33.9 Å². The summed E-state index contributed by atoms with van der Waals surface area (Å²) in [7, 11) is 2.17. The maximum absolute atomic E-state index is 5.89. The Kier molecular flexibility index (Phi) is 4.06. The molecule has 0 radical (unpaired) electrons.